The number of nitrogens with zero attached hydrogens (tertiary/aromatic N) is 4. The highest BCUT2D eigenvalue weighted by molar-refractivity contribution is 7.28. The van der Waals surface area contributed by atoms with Crippen molar-refractivity contribution in [2.45, 2.75) is 13.8 Å². The molecule has 20 aromatic carbocycles. The van der Waals surface area contributed by atoms with Gasteiger partial charge in [0, 0.05) is 87.4 Å². The highest BCUT2D eigenvalue weighted by Crippen LogP contribution is 2.59. The largest absolute Gasteiger partial charge is 0.454 e. The molecule has 0 fully saturated rings. The van der Waals surface area contributed by atoms with Crippen LogP contribution in [0.3, 0.4) is 0 Å². The van der Waals surface area contributed by atoms with Crippen molar-refractivity contribution in [1.29, 1.82) is 0 Å². The van der Waals surface area contributed by atoms with Crippen LogP contribution in [0, 0.1) is 13.8 Å². The molecule has 8 nitrogen and oxygen atoms in total. The normalized spacial score (nSPS) is 12.1. The lowest BCUT2D eigenvalue weighted by atomic mass is 9.97. The van der Waals surface area contributed by atoms with Gasteiger partial charge in [-0.1, -0.05) is 267 Å². The Morgan fingerprint density at radius 2 is 0.444 bits per heavy atom. The third kappa shape index (κ3) is 10.5. The van der Waals surface area contributed by atoms with E-state index in [9.17, 15) is 0 Å². The maximum absolute atomic E-state index is 7.38. The number of benzene rings is 20. The zero-order chi connectivity index (χ0) is 81.5. The van der Waals surface area contributed by atoms with E-state index in [1.165, 1.54) is 47.8 Å². The molecule has 0 N–H and O–H groups in total. The van der Waals surface area contributed by atoms with E-state index in [2.05, 4.69) is 416 Å². The van der Waals surface area contributed by atoms with Crippen LogP contribution in [0.2, 0.25) is 0 Å². The lowest BCUT2D eigenvalue weighted by Crippen LogP contribution is -2.12. The number of aryl methyl sites for hydroxylation is 2. The van der Waals surface area contributed by atoms with Crippen LogP contribution in [0.15, 0.2) is 406 Å². The van der Waals surface area contributed by atoms with Gasteiger partial charge in [0.2, 0.25) is 0 Å². The molecule has 26 rings (SSSR count). The van der Waals surface area contributed by atoms with E-state index in [1.54, 1.807) is 0 Å². The van der Waals surface area contributed by atoms with Gasteiger partial charge in [0.05, 0.1) is 64.3 Å². The first kappa shape index (κ1) is 70.2. The van der Waals surface area contributed by atoms with Crippen LogP contribution in [0.4, 0.5) is 68.2 Å². The standard InChI is InChI=1S/C114H70N4O4S2/c1-67-29-9-21-49-89(67)117(93-53-26-46-84-82-44-20-24-56-100(82)120-108(84)93)97-65-73-33-13-17-41-79(73)105-106-80-42-18-14-34-74(80)66-98(114(106)124-113(97)105)118(90-50-22-10-30-68(90)2)94-54-28-48-86-88-62-70(58-60-102(88)122-110(86)94)69-57-59-101-87(61-69)85-47-27-52-92(109(85)121-101)116(76-37-7-4-8-38-76)96-64-72-32-12-16-40-78(72)104-103-77-39-15-11-31-71(77)63-95(111(103)123-112(96)104)115(75-35-5-3-6-36-75)91-51-25-45-83-81-43-19-23-55-99(81)119-107(83)91/h3-66H,1-2H3. The first-order chi connectivity index (χ1) is 61.3. The molecule has 0 unspecified atom stereocenters. The fraction of sp³-hybridized carbons (Fsp3) is 0.0175. The molecule has 0 aliphatic heterocycles. The van der Waals surface area contributed by atoms with Crippen molar-refractivity contribution >= 4 is 262 Å². The maximum Gasteiger partial charge on any atom is 0.159 e. The van der Waals surface area contributed by atoms with Gasteiger partial charge in [0.1, 0.15) is 22.3 Å². The summed E-state index contributed by atoms with van der Waals surface area (Å²) in [6, 6.07) is 141. The van der Waals surface area contributed by atoms with Gasteiger partial charge in [-0.25, -0.2) is 0 Å². The van der Waals surface area contributed by atoms with Crippen molar-refractivity contribution in [3.05, 3.63) is 399 Å². The second kappa shape index (κ2) is 27.4. The molecule has 0 radical (unpaired) electrons. The predicted octanol–water partition coefficient (Wildman–Crippen LogP) is 34.8. The first-order valence-electron chi connectivity index (χ1n) is 42.1. The molecule has 0 spiro atoms. The van der Waals surface area contributed by atoms with Gasteiger partial charge < -0.3 is 37.3 Å². The molecule has 6 aromatic heterocycles. The molecule has 26 aromatic rings. The molecule has 0 bridgehead atoms. The van der Waals surface area contributed by atoms with Crippen LogP contribution < -0.4 is 19.6 Å². The Labute approximate surface area is 718 Å². The van der Waals surface area contributed by atoms with Gasteiger partial charge in [-0.3, -0.25) is 0 Å². The van der Waals surface area contributed by atoms with Gasteiger partial charge in [-0.2, -0.15) is 0 Å². The number of fused-ring (bicyclic) bond motifs is 26. The molecule has 0 amide bonds. The summed E-state index contributed by atoms with van der Waals surface area (Å²) in [4.78, 5) is 9.78. The Kier molecular flexibility index (Phi) is 15.5. The van der Waals surface area contributed by atoms with Crippen molar-refractivity contribution < 1.29 is 17.7 Å². The molecular formula is C114H70N4O4S2. The second-order valence-corrected chi connectivity index (χ2v) is 34.6. The smallest absolute Gasteiger partial charge is 0.159 e. The summed E-state index contributed by atoms with van der Waals surface area (Å²) in [5.74, 6) is 0. The minimum absolute atomic E-state index is 0.789. The van der Waals surface area contributed by atoms with Gasteiger partial charge in [-0.15, -0.1) is 22.7 Å². The van der Waals surface area contributed by atoms with Gasteiger partial charge >= 0.3 is 0 Å². The van der Waals surface area contributed by atoms with Gasteiger partial charge in [0.15, 0.2) is 22.3 Å². The van der Waals surface area contributed by atoms with E-state index in [4.69, 9.17) is 17.7 Å². The predicted molar refractivity (Wildman–Crippen MR) is 525 cm³/mol. The Morgan fingerprint density at radius 3 is 0.790 bits per heavy atom. The average molecular weight is 1620 g/mol. The molecule has 0 saturated carbocycles. The Morgan fingerprint density at radius 1 is 0.185 bits per heavy atom. The Hall–Kier alpha value is -15.7. The summed E-state index contributed by atoms with van der Waals surface area (Å²) in [6.07, 6.45) is 0. The molecule has 6 heterocycles. The van der Waals surface area contributed by atoms with Crippen LogP contribution in [0.5, 0.6) is 0 Å². The lowest BCUT2D eigenvalue weighted by Gasteiger charge is -2.28. The van der Waals surface area contributed by atoms with Crippen molar-refractivity contribution in [1.82, 2.24) is 0 Å². The molecule has 0 aliphatic carbocycles. The quantitative estimate of drug-likeness (QED) is 0.113. The number of anilines is 12. The minimum Gasteiger partial charge on any atom is -0.454 e. The van der Waals surface area contributed by atoms with Crippen LogP contribution in [-0.2, 0) is 0 Å². The molecule has 582 valence electrons. The van der Waals surface area contributed by atoms with E-state index in [-0.39, 0.29) is 0 Å². The zero-order valence-electron chi connectivity index (χ0n) is 67.2. The van der Waals surface area contributed by atoms with Crippen molar-refractivity contribution in [3.8, 4) is 11.1 Å². The highest BCUT2D eigenvalue weighted by atomic mass is 32.1. The molecule has 124 heavy (non-hydrogen) atoms. The van der Waals surface area contributed by atoms with Gasteiger partial charge in [0.25, 0.3) is 0 Å². The Bertz CT molecular complexity index is 8980. The number of thiophene rings is 2. The number of rotatable bonds is 13. The fourth-order valence-corrected chi connectivity index (χ4v) is 22.7. The topological polar surface area (TPSA) is 65.5 Å². The lowest BCUT2D eigenvalue weighted by molar-refractivity contribution is 0.668. The third-order valence-corrected chi connectivity index (χ3v) is 28.0. The van der Waals surface area contributed by atoms with Crippen LogP contribution in [0.1, 0.15) is 11.1 Å². The van der Waals surface area contributed by atoms with E-state index in [0.29, 0.717) is 0 Å². The molecular weight excluding hydrogens is 1550 g/mol. The highest BCUT2D eigenvalue weighted by Gasteiger charge is 2.33. The molecule has 0 saturated heterocycles. The summed E-state index contributed by atoms with van der Waals surface area (Å²) in [5, 5.41) is 22.5. The average Bonchev–Trinajstić information content (AvgIpc) is 1.54. The number of hydrogen-bond donors (Lipinski definition) is 0. The van der Waals surface area contributed by atoms with E-state index < -0.39 is 0 Å². The SMILES string of the molecule is Cc1ccccc1N(c1cccc2c1oc1ccccc12)c1cc2ccccc2c2c1sc1c(N(c3ccccc3C)c3cccc4c3oc3ccc(-c5ccc6oc7c(N(c8ccccc8)c8cc9ccccc9c9c8sc8c(N(c%10ccccc%10)c%10cccc%11c%10oc%10ccccc%10%11)cc%10ccccc%10c89)cccc7c6c5)cc34)cc3ccccc3c12. The van der Waals surface area contributed by atoms with Crippen molar-refractivity contribution in [2.24, 2.45) is 0 Å². The summed E-state index contributed by atoms with van der Waals surface area (Å²) in [7, 11) is 0. The third-order valence-electron chi connectivity index (χ3n) is 25.6. The number of para-hydroxylation sites is 10. The van der Waals surface area contributed by atoms with Crippen molar-refractivity contribution in [3.63, 3.8) is 0 Å². The second-order valence-electron chi connectivity index (χ2n) is 32.5. The number of furan rings is 4. The maximum atomic E-state index is 7.38. The van der Waals surface area contributed by atoms with Crippen LogP contribution >= 0.6 is 22.7 Å². The summed E-state index contributed by atoms with van der Waals surface area (Å²) in [5.41, 5.74) is 23.2. The van der Waals surface area contributed by atoms with Gasteiger partial charge in [-0.05, 0) is 201 Å². The van der Waals surface area contributed by atoms with E-state index in [0.717, 1.165) is 214 Å². The molecule has 0 aliphatic rings. The summed E-state index contributed by atoms with van der Waals surface area (Å²) < 4.78 is 33.3. The minimum atomic E-state index is 0.789. The van der Waals surface area contributed by atoms with E-state index in [1.807, 2.05) is 28.7 Å². The Balaban J connectivity index is 0.636. The van der Waals surface area contributed by atoms with E-state index >= 15 is 0 Å². The number of hydrogen-bond acceptors (Lipinski definition) is 10. The summed E-state index contributed by atoms with van der Waals surface area (Å²) >= 11 is 3.71. The fourth-order valence-electron chi connectivity index (χ4n) is 20.0. The monoisotopic (exact) mass is 1620 g/mol. The zero-order valence-corrected chi connectivity index (χ0v) is 68.8. The summed E-state index contributed by atoms with van der Waals surface area (Å²) in [6.45, 7) is 4.43. The van der Waals surface area contributed by atoms with Crippen molar-refractivity contribution in [2.75, 3.05) is 19.6 Å². The van der Waals surface area contributed by atoms with Crippen LogP contribution in [0.25, 0.3) is 182 Å². The molecule has 10 heteroatoms. The van der Waals surface area contributed by atoms with Crippen LogP contribution in [-0.4, -0.2) is 0 Å². The first-order valence-corrected chi connectivity index (χ1v) is 43.7. The molecule has 0 atom stereocenters.